The van der Waals surface area contributed by atoms with Crippen molar-refractivity contribution in [1.82, 2.24) is 19.5 Å². The van der Waals surface area contributed by atoms with Gasteiger partial charge in [-0.2, -0.15) is 0 Å². The number of para-hydroxylation sites is 1. The summed E-state index contributed by atoms with van der Waals surface area (Å²) in [5.41, 5.74) is 0.0667. The van der Waals surface area contributed by atoms with Gasteiger partial charge in [0.05, 0.1) is 5.39 Å². The average molecular weight is 347 g/mol. The molecule has 0 fully saturated rings. The first-order chi connectivity index (χ1) is 12.6. The van der Waals surface area contributed by atoms with Crippen LogP contribution < -0.4 is 10.7 Å². The Kier molecular flexibility index (Phi) is 3.77. The van der Waals surface area contributed by atoms with Gasteiger partial charge in [-0.15, -0.1) is 0 Å². The van der Waals surface area contributed by atoms with Crippen molar-refractivity contribution in [3.8, 4) is 5.82 Å². The molecule has 4 aromatic rings. The molecule has 26 heavy (non-hydrogen) atoms. The molecule has 0 saturated carbocycles. The molecule has 0 aliphatic heterocycles. The first kappa shape index (κ1) is 15.7. The molecule has 4 rings (SSSR count). The fourth-order valence-corrected chi connectivity index (χ4v) is 2.56. The summed E-state index contributed by atoms with van der Waals surface area (Å²) >= 11 is 0. The Labute approximate surface area is 147 Å². The third-order valence-electron chi connectivity index (χ3n) is 3.83. The maximum absolute atomic E-state index is 12.5. The van der Waals surface area contributed by atoms with Crippen molar-refractivity contribution >= 4 is 22.7 Å². The first-order valence-corrected chi connectivity index (χ1v) is 7.78. The van der Waals surface area contributed by atoms with Crippen LogP contribution in [0.2, 0.25) is 0 Å². The Bertz CT molecular complexity index is 1180. The number of rotatable bonds is 3. The molecule has 8 heteroatoms. The molecule has 8 nitrogen and oxygen atoms in total. The van der Waals surface area contributed by atoms with Gasteiger partial charge in [0.2, 0.25) is 0 Å². The van der Waals surface area contributed by atoms with Crippen LogP contribution in [0, 0.1) is 6.92 Å². The molecule has 0 bridgehead atoms. The zero-order valence-corrected chi connectivity index (χ0v) is 13.7. The molecular formula is C18H13N5O3. The number of hydrogen-bond acceptors (Lipinski definition) is 6. The summed E-state index contributed by atoms with van der Waals surface area (Å²) in [5.74, 6) is 0.934. The van der Waals surface area contributed by atoms with Crippen LogP contribution in [0.3, 0.4) is 0 Å². The summed E-state index contributed by atoms with van der Waals surface area (Å²) in [4.78, 5) is 36.9. The minimum atomic E-state index is -0.570. The van der Waals surface area contributed by atoms with Crippen molar-refractivity contribution in [2.45, 2.75) is 6.92 Å². The minimum absolute atomic E-state index is 0.0901. The van der Waals surface area contributed by atoms with Crippen molar-refractivity contribution in [3.05, 3.63) is 76.9 Å². The van der Waals surface area contributed by atoms with Gasteiger partial charge in [0.1, 0.15) is 29.4 Å². The summed E-state index contributed by atoms with van der Waals surface area (Å²) in [6.07, 6.45) is 4.74. The quantitative estimate of drug-likeness (QED) is 0.610. The molecule has 0 aliphatic carbocycles. The number of benzene rings is 1. The molecule has 128 valence electrons. The van der Waals surface area contributed by atoms with Crippen LogP contribution in [-0.4, -0.2) is 25.4 Å². The number of hydrogen-bond donors (Lipinski definition) is 1. The molecule has 0 saturated heterocycles. The van der Waals surface area contributed by atoms with Crippen LogP contribution in [0.1, 0.15) is 16.4 Å². The van der Waals surface area contributed by atoms with Crippen LogP contribution in [0.15, 0.2) is 64.3 Å². The highest BCUT2D eigenvalue weighted by Gasteiger charge is 2.14. The number of imidazole rings is 1. The van der Waals surface area contributed by atoms with Crippen LogP contribution in [-0.2, 0) is 0 Å². The molecule has 0 unspecified atom stereocenters. The number of nitrogens with one attached hydrogen (secondary N) is 1. The Morgan fingerprint density at radius 2 is 2.00 bits per heavy atom. The summed E-state index contributed by atoms with van der Waals surface area (Å²) < 4.78 is 7.28. The highest BCUT2D eigenvalue weighted by Crippen LogP contribution is 2.14. The monoisotopic (exact) mass is 347 g/mol. The molecule has 0 radical (unpaired) electrons. The molecule has 1 N–H and O–H groups in total. The molecule has 1 amide bonds. The van der Waals surface area contributed by atoms with Crippen LogP contribution >= 0.6 is 0 Å². The van der Waals surface area contributed by atoms with E-state index in [-0.39, 0.29) is 17.0 Å². The lowest BCUT2D eigenvalue weighted by Crippen LogP contribution is -2.16. The topological polar surface area (TPSA) is 103 Å². The lowest BCUT2D eigenvalue weighted by Gasteiger charge is -2.07. The highest BCUT2D eigenvalue weighted by molar-refractivity contribution is 6.02. The largest absolute Gasteiger partial charge is 0.451 e. The van der Waals surface area contributed by atoms with Gasteiger partial charge in [0.25, 0.3) is 5.91 Å². The molecule has 1 aromatic carbocycles. The SMILES string of the molecule is Cc1nccn1-c1cc(NC(=O)c2cc(=O)c3ccccc3o2)ncn1. The second-order valence-electron chi connectivity index (χ2n) is 5.53. The molecule has 0 atom stereocenters. The van der Waals surface area contributed by atoms with E-state index in [1.165, 1.54) is 12.4 Å². The second kappa shape index (κ2) is 6.25. The molecule has 0 aliphatic rings. The van der Waals surface area contributed by atoms with Crippen molar-refractivity contribution in [2.24, 2.45) is 0 Å². The number of nitrogens with zero attached hydrogens (tertiary/aromatic N) is 4. The first-order valence-electron chi connectivity index (χ1n) is 7.78. The molecule has 3 heterocycles. The summed E-state index contributed by atoms with van der Waals surface area (Å²) in [6, 6.07) is 9.52. The van der Waals surface area contributed by atoms with E-state index in [4.69, 9.17) is 4.42 Å². The van der Waals surface area contributed by atoms with E-state index in [1.54, 1.807) is 47.3 Å². The number of carbonyl (C=O) groups excluding carboxylic acids is 1. The predicted molar refractivity (Wildman–Crippen MR) is 94.3 cm³/mol. The average Bonchev–Trinajstić information content (AvgIpc) is 3.08. The Hall–Kier alpha value is -3.81. The zero-order chi connectivity index (χ0) is 18.1. The van der Waals surface area contributed by atoms with E-state index in [1.807, 2.05) is 6.92 Å². The summed E-state index contributed by atoms with van der Waals surface area (Å²) in [5, 5.41) is 3.04. The van der Waals surface area contributed by atoms with E-state index in [2.05, 4.69) is 20.3 Å². The van der Waals surface area contributed by atoms with E-state index in [0.29, 0.717) is 16.8 Å². The Morgan fingerprint density at radius 3 is 2.81 bits per heavy atom. The summed E-state index contributed by atoms with van der Waals surface area (Å²) in [6.45, 7) is 1.84. The number of anilines is 1. The number of fused-ring (bicyclic) bond motifs is 1. The lowest BCUT2D eigenvalue weighted by atomic mass is 10.2. The Morgan fingerprint density at radius 1 is 1.15 bits per heavy atom. The highest BCUT2D eigenvalue weighted by atomic mass is 16.3. The van der Waals surface area contributed by atoms with E-state index < -0.39 is 5.91 Å². The normalized spacial score (nSPS) is 10.8. The number of amides is 1. The number of carbonyl (C=O) groups is 1. The van der Waals surface area contributed by atoms with Gasteiger partial charge < -0.3 is 9.73 Å². The van der Waals surface area contributed by atoms with Crippen LogP contribution in [0.4, 0.5) is 5.82 Å². The summed E-state index contributed by atoms with van der Waals surface area (Å²) in [7, 11) is 0. The molecule has 3 aromatic heterocycles. The van der Waals surface area contributed by atoms with Crippen molar-refractivity contribution in [1.29, 1.82) is 0 Å². The smallest absolute Gasteiger partial charge is 0.292 e. The predicted octanol–water partition coefficient (Wildman–Crippen LogP) is 2.33. The number of aromatic nitrogens is 4. The minimum Gasteiger partial charge on any atom is -0.451 e. The van der Waals surface area contributed by atoms with E-state index >= 15 is 0 Å². The maximum Gasteiger partial charge on any atom is 0.292 e. The van der Waals surface area contributed by atoms with Gasteiger partial charge >= 0.3 is 0 Å². The Balaban J connectivity index is 1.65. The van der Waals surface area contributed by atoms with Gasteiger partial charge in [-0.05, 0) is 19.1 Å². The standard InChI is InChI=1S/C18H13N5O3/c1-11-19-6-7-23(11)17-9-16(20-10-21-17)22-18(25)15-8-13(24)12-4-2-3-5-14(12)26-15/h2-10H,1H3,(H,20,21,22,25). The fraction of sp³-hybridized carbons (Fsp3) is 0.0556. The fourth-order valence-electron chi connectivity index (χ4n) is 2.56. The third kappa shape index (κ3) is 2.84. The van der Waals surface area contributed by atoms with Gasteiger partial charge in [0.15, 0.2) is 11.2 Å². The van der Waals surface area contributed by atoms with Gasteiger partial charge in [-0.25, -0.2) is 15.0 Å². The number of aryl methyl sites for hydroxylation is 1. The van der Waals surface area contributed by atoms with E-state index in [9.17, 15) is 9.59 Å². The van der Waals surface area contributed by atoms with Crippen molar-refractivity contribution in [2.75, 3.05) is 5.32 Å². The van der Waals surface area contributed by atoms with Gasteiger partial charge in [-0.1, -0.05) is 12.1 Å². The van der Waals surface area contributed by atoms with E-state index in [0.717, 1.165) is 5.82 Å². The van der Waals surface area contributed by atoms with Crippen LogP contribution in [0.25, 0.3) is 16.8 Å². The maximum atomic E-state index is 12.5. The zero-order valence-electron chi connectivity index (χ0n) is 13.7. The lowest BCUT2D eigenvalue weighted by molar-refractivity contribution is 0.0997. The van der Waals surface area contributed by atoms with Crippen LogP contribution in [0.5, 0.6) is 0 Å². The third-order valence-corrected chi connectivity index (χ3v) is 3.83. The van der Waals surface area contributed by atoms with Crippen molar-refractivity contribution < 1.29 is 9.21 Å². The second-order valence-corrected chi connectivity index (χ2v) is 5.53. The molecule has 0 spiro atoms. The van der Waals surface area contributed by atoms with Gasteiger partial charge in [0, 0.05) is 24.5 Å². The van der Waals surface area contributed by atoms with Crippen molar-refractivity contribution in [3.63, 3.8) is 0 Å². The molecular weight excluding hydrogens is 334 g/mol. The van der Waals surface area contributed by atoms with Gasteiger partial charge in [-0.3, -0.25) is 14.2 Å².